The van der Waals surface area contributed by atoms with E-state index < -0.39 is 23.7 Å². The smallest absolute Gasteiger partial charge is 0.408 e. The van der Waals surface area contributed by atoms with Crippen LogP contribution in [0.1, 0.15) is 59.3 Å². The van der Waals surface area contributed by atoms with Crippen LogP contribution in [0, 0.1) is 5.92 Å². The van der Waals surface area contributed by atoms with Gasteiger partial charge in [-0.2, -0.15) is 0 Å². The van der Waals surface area contributed by atoms with Crippen molar-refractivity contribution in [3.63, 3.8) is 0 Å². The Labute approximate surface area is 114 Å². The van der Waals surface area contributed by atoms with Crippen molar-refractivity contribution in [3.05, 3.63) is 0 Å². The lowest BCUT2D eigenvalue weighted by Gasteiger charge is -2.26. The van der Waals surface area contributed by atoms with Crippen LogP contribution in [0.15, 0.2) is 0 Å². The third-order valence-electron chi connectivity index (χ3n) is 3.28. The van der Waals surface area contributed by atoms with E-state index in [9.17, 15) is 14.7 Å². The van der Waals surface area contributed by atoms with Crippen molar-refractivity contribution in [3.8, 4) is 0 Å². The monoisotopic (exact) mass is 271 g/mol. The maximum absolute atomic E-state index is 11.6. The van der Waals surface area contributed by atoms with Gasteiger partial charge >= 0.3 is 12.1 Å². The van der Waals surface area contributed by atoms with E-state index in [1.54, 1.807) is 20.8 Å². The van der Waals surface area contributed by atoms with Gasteiger partial charge in [-0.1, -0.05) is 32.1 Å². The molecule has 2 N–H and O–H groups in total. The summed E-state index contributed by atoms with van der Waals surface area (Å²) in [6, 6.07) is -0.849. The minimum Gasteiger partial charge on any atom is -0.480 e. The Hall–Kier alpha value is -1.26. The van der Waals surface area contributed by atoms with E-state index in [2.05, 4.69) is 5.32 Å². The Kier molecular flexibility index (Phi) is 5.63. The standard InChI is InChI=1S/C14H25NO4/c1-14(2,3)19-13(18)15-11(12(16)17)9-10-7-5-4-6-8-10/h10-11H,4-9H2,1-3H3,(H,15,18)(H,16,17). The Morgan fingerprint density at radius 2 is 1.84 bits per heavy atom. The molecule has 0 spiro atoms. The number of nitrogens with one attached hydrogen (secondary N) is 1. The van der Waals surface area contributed by atoms with Gasteiger partial charge in [-0.3, -0.25) is 0 Å². The van der Waals surface area contributed by atoms with Crippen molar-refractivity contribution in [2.24, 2.45) is 5.92 Å². The molecule has 0 bridgehead atoms. The number of carbonyl (C=O) groups excluding carboxylic acids is 1. The fraction of sp³-hybridized carbons (Fsp3) is 0.857. The molecule has 0 aromatic rings. The molecule has 0 heterocycles. The largest absolute Gasteiger partial charge is 0.480 e. The van der Waals surface area contributed by atoms with Crippen LogP contribution in [-0.4, -0.2) is 28.8 Å². The Morgan fingerprint density at radius 1 is 1.26 bits per heavy atom. The molecule has 0 aromatic heterocycles. The molecule has 1 unspecified atom stereocenters. The van der Waals surface area contributed by atoms with Crippen LogP contribution in [0.5, 0.6) is 0 Å². The Morgan fingerprint density at radius 3 is 2.32 bits per heavy atom. The summed E-state index contributed by atoms with van der Waals surface area (Å²) in [5.74, 6) is -0.596. The number of carboxylic acids is 1. The summed E-state index contributed by atoms with van der Waals surface area (Å²) in [4.78, 5) is 22.8. The molecule has 0 saturated heterocycles. The molecule has 1 rings (SSSR count). The summed E-state index contributed by atoms with van der Waals surface area (Å²) in [5.41, 5.74) is -0.613. The van der Waals surface area contributed by atoms with E-state index in [-0.39, 0.29) is 0 Å². The predicted molar refractivity (Wildman–Crippen MR) is 72.0 cm³/mol. The highest BCUT2D eigenvalue weighted by atomic mass is 16.6. The molecule has 0 aliphatic heterocycles. The highest BCUT2D eigenvalue weighted by Crippen LogP contribution is 2.27. The first kappa shape index (κ1) is 15.8. The quantitative estimate of drug-likeness (QED) is 0.824. The van der Waals surface area contributed by atoms with Gasteiger partial charge in [0.05, 0.1) is 0 Å². The Balaban J connectivity index is 2.48. The van der Waals surface area contributed by atoms with Crippen molar-refractivity contribution >= 4 is 12.1 Å². The summed E-state index contributed by atoms with van der Waals surface area (Å²) in [5, 5.41) is 11.6. The van der Waals surface area contributed by atoms with Crippen molar-refractivity contribution in [1.82, 2.24) is 5.32 Å². The van der Waals surface area contributed by atoms with Crippen LogP contribution >= 0.6 is 0 Å². The lowest BCUT2D eigenvalue weighted by molar-refractivity contribution is -0.140. The van der Waals surface area contributed by atoms with Gasteiger partial charge in [-0.05, 0) is 33.1 Å². The van der Waals surface area contributed by atoms with Gasteiger partial charge in [0.1, 0.15) is 11.6 Å². The third kappa shape index (κ3) is 6.45. The fourth-order valence-electron chi connectivity index (χ4n) is 2.43. The van der Waals surface area contributed by atoms with E-state index in [0.717, 1.165) is 25.7 Å². The molecule has 1 saturated carbocycles. The van der Waals surface area contributed by atoms with Crippen molar-refractivity contribution < 1.29 is 19.4 Å². The molecule has 1 atom stereocenters. The van der Waals surface area contributed by atoms with Gasteiger partial charge in [0.15, 0.2) is 0 Å². The van der Waals surface area contributed by atoms with Gasteiger partial charge in [0.25, 0.3) is 0 Å². The SMILES string of the molecule is CC(C)(C)OC(=O)NC(CC1CCCCC1)C(=O)O. The van der Waals surface area contributed by atoms with Gasteiger partial charge in [0, 0.05) is 0 Å². The zero-order valence-electron chi connectivity index (χ0n) is 12.1. The van der Waals surface area contributed by atoms with Crippen LogP contribution in [-0.2, 0) is 9.53 Å². The number of alkyl carbamates (subject to hydrolysis) is 1. The summed E-state index contributed by atoms with van der Waals surface area (Å²) >= 11 is 0. The second-order valence-corrected chi connectivity index (χ2v) is 6.28. The van der Waals surface area contributed by atoms with Crippen LogP contribution in [0.3, 0.4) is 0 Å². The topological polar surface area (TPSA) is 75.6 Å². The zero-order valence-corrected chi connectivity index (χ0v) is 12.1. The molecule has 1 fully saturated rings. The van der Waals surface area contributed by atoms with Crippen molar-refractivity contribution in [1.29, 1.82) is 0 Å². The summed E-state index contributed by atoms with van der Waals surface area (Å²) in [6.07, 6.45) is 5.49. The van der Waals surface area contributed by atoms with E-state index >= 15 is 0 Å². The summed E-state index contributed by atoms with van der Waals surface area (Å²) in [6.45, 7) is 5.26. The minimum absolute atomic E-state index is 0.393. The van der Waals surface area contributed by atoms with E-state index in [4.69, 9.17) is 4.74 Å². The predicted octanol–water partition coefficient (Wildman–Crippen LogP) is 2.93. The zero-order chi connectivity index (χ0) is 14.5. The van der Waals surface area contributed by atoms with Gasteiger partial charge in [-0.25, -0.2) is 9.59 Å². The minimum atomic E-state index is -0.989. The second kappa shape index (κ2) is 6.78. The summed E-state index contributed by atoms with van der Waals surface area (Å²) in [7, 11) is 0. The normalized spacial score (nSPS) is 18.7. The number of amides is 1. The molecule has 110 valence electrons. The van der Waals surface area contributed by atoms with Gasteiger partial charge < -0.3 is 15.2 Å². The van der Waals surface area contributed by atoms with Gasteiger partial charge in [0.2, 0.25) is 0 Å². The van der Waals surface area contributed by atoms with Crippen molar-refractivity contribution in [2.45, 2.75) is 70.9 Å². The first-order chi connectivity index (χ1) is 8.78. The molecular weight excluding hydrogens is 246 g/mol. The van der Waals surface area contributed by atoms with Crippen LogP contribution < -0.4 is 5.32 Å². The number of rotatable bonds is 4. The van der Waals surface area contributed by atoms with Crippen molar-refractivity contribution in [2.75, 3.05) is 0 Å². The molecule has 5 heteroatoms. The molecule has 5 nitrogen and oxygen atoms in total. The first-order valence-electron chi connectivity index (χ1n) is 7.00. The average molecular weight is 271 g/mol. The van der Waals surface area contributed by atoms with E-state index in [0.29, 0.717) is 12.3 Å². The number of aliphatic carboxylic acids is 1. The highest BCUT2D eigenvalue weighted by molar-refractivity contribution is 5.80. The first-order valence-corrected chi connectivity index (χ1v) is 7.00. The van der Waals surface area contributed by atoms with E-state index in [1.165, 1.54) is 6.42 Å². The molecule has 1 aliphatic carbocycles. The highest BCUT2D eigenvalue weighted by Gasteiger charge is 2.27. The molecule has 0 aromatic carbocycles. The van der Waals surface area contributed by atoms with Crippen LogP contribution in [0.4, 0.5) is 4.79 Å². The maximum Gasteiger partial charge on any atom is 0.408 e. The van der Waals surface area contributed by atoms with Gasteiger partial charge in [-0.15, -0.1) is 0 Å². The lowest BCUT2D eigenvalue weighted by Crippen LogP contribution is -2.44. The van der Waals surface area contributed by atoms with Crippen LogP contribution in [0.25, 0.3) is 0 Å². The Bertz CT molecular complexity index is 316. The molecule has 1 aliphatic rings. The van der Waals surface area contributed by atoms with E-state index in [1.807, 2.05) is 0 Å². The number of hydrogen-bond donors (Lipinski definition) is 2. The number of ether oxygens (including phenoxy) is 1. The molecule has 19 heavy (non-hydrogen) atoms. The number of carboxylic acid groups (broad SMARTS) is 1. The fourth-order valence-corrected chi connectivity index (χ4v) is 2.43. The molecule has 1 amide bonds. The summed E-state index contributed by atoms with van der Waals surface area (Å²) < 4.78 is 5.09. The third-order valence-corrected chi connectivity index (χ3v) is 3.28. The second-order valence-electron chi connectivity index (χ2n) is 6.28. The molecular formula is C14H25NO4. The lowest BCUT2D eigenvalue weighted by atomic mass is 9.85. The van der Waals surface area contributed by atoms with Crippen LogP contribution in [0.2, 0.25) is 0 Å². The maximum atomic E-state index is 11.6. The number of hydrogen-bond acceptors (Lipinski definition) is 3. The number of carbonyl (C=O) groups is 2. The average Bonchev–Trinajstić information content (AvgIpc) is 2.26. The molecule has 0 radical (unpaired) electrons.